The maximum Gasteiger partial charge on any atom is 0.205 e. The zero-order valence-electron chi connectivity index (χ0n) is 13.7. The molecule has 2 heterocycles. The van der Waals surface area contributed by atoms with Gasteiger partial charge in [0.1, 0.15) is 11.6 Å². The van der Waals surface area contributed by atoms with Crippen molar-refractivity contribution in [3.63, 3.8) is 0 Å². The molecule has 3 aromatic rings. The molecule has 1 N–H and O–H groups in total. The first-order valence-corrected chi connectivity index (χ1v) is 8.46. The van der Waals surface area contributed by atoms with Gasteiger partial charge in [-0.05, 0) is 36.8 Å². The molecule has 2 aromatic carbocycles. The molecule has 26 heavy (non-hydrogen) atoms. The monoisotopic (exact) mass is 373 g/mol. The summed E-state index contributed by atoms with van der Waals surface area (Å²) in [5.74, 6) is -1.24. The van der Waals surface area contributed by atoms with E-state index in [4.69, 9.17) is 11.6 Å². The van der Waals surface area contributed by atoms with Crippen LogP contribution in [0, 0.1) is 11.6 Å². The maximum atomic E-state index is 14.4. The van der Waals surface area contributed by atoms with Gasteiger partial charge in [-0.2, -0.15) is 0 Å². The number of halogens is 3. The van der Waals surface area contributed by atoms with Crippen LogP contribution in [0.4, 0.5) is 8.78 Å². The Morgan fingerprint density at radius 3 is 2.62 bits per heavy atom. The molecule has 0 spiro atoms. The molecule has 4 rings (SSSR count). The van der Waals surface area contributed by atoms with Crippen LogP contribution >= 0.6 is 11.6 Å². The van der Waals surface area contributed by atoms with Gasteiger partial charge in [-0.3, -0.25) is 4.57 Å². The number of aromatic nitrogens is 2. The standard InChI is InChI=1S/C19H14ClF2N3O/c1-2-11-9-23-18-19(26)24-17(16-13(21)4-3-5-14(16)22)12-8-10(20)6-7-15(12)25(11)18/h3-9,19,26H,2H2,1H3. The van der Waals surface area contributed by atoms with Gasteiger partial charge < -0.3 is 5.11 Å². The lowest BCUT2D eigenvalue weighted by atomic mass is 9.99. The van der Waals surface area contributed by atoms with E-state index in [0.29, 0.717) is 22.7 Å². The van der Waals surface area contributed by atoms with E-state index in [-0.39, 0.29) is 17.1 Å². The zero-order valence-corrected chi connectivity index (χ0v) is 14.5. The Kier molecular flexibility index (Phi) is 4.09. The normalized spacial score (nSPS) is 15.9. The lowest BCUT2D eigenvalue weighted by molar-refractivity contribution is 0.177. The van der Waals surface area contributed by atoms with Crippen molar-refractivity contribution in [3.8, 4) is 5.69 Å². The first kappa shape index (κ1) is 16.9. The Morgan fingerprint density at radius 1 is 1.19 bits per heavy atom. The number of nitrogens with zero attached hydrogens (tertiary/aromatic N) is 3. The van der Waals surface area contributed by atoms with Gasteiger partial charge in [-0.25, -0.2) is 18.8 Å². The van der Waals surface area contributed by atoms with E-state index in [1.165, 1.54) is 6.07 Å². The summed E-state index contributed by atoms with van der Waals surface area (Å²) in [4.78, 5) is 8.44. The molecular weight excluding hydrogens is 360 g/mol. The maximum absolute atomic E-state index is 14.4. The summed E-state index contributed by atoms with van der Waals surface area (Å²) in [6, 6.07) is 8.58. The van der Waals surface area contributed by atoms with E-state index in [0.717, 1.165) is 17.8 Å². The number of hydrogen-bond acceptors (Lipinski definition) is 3. The summed E-state index contributed by atoms with van der Waals surface area (Å²) >= 11 is 6.14. The number of benzene rings is 2. The van der Waals surface area contributed by atoms with Crippen LogP contribution in [-0.2, 0) is 6.42 Å². The Morgan fingerprint density at radius 2 is 1.92 bits per heavy atom. The largest absolute Gasteiger partial charge is 0.365 e. The van der Waals surface area contributed by atoms with Gasteiger partial charge in [-0.1, -0.05) is 24.6 Å². The van der Waals surface area contributed by atoms with E-state index in [1.807, 2.05) is 6.92 Å². The summed E-state index contributed by atoms with van der Waals surface area (Å²) in [6.45, 7) is 1.95. The minimum atomic E-state index is -1.37. The van der Waals surface area contributed by atoms with Crippen molar-refractivity contribution in [2.75, 3.05) is 0 Å². The average molecular weight is 374 g/mol. The van der Waals surface area contributed by atoms with E-state index in [2.05, 4.69) is 9.98 Å². The summed E-state index contributed by atoms with van der Waals surface area (Å²) < 4.78 is 30.6. The highest BCUT2D eigenvalue weighted by molar-refractivity contribution is 6.31. The van der Waals surface area contributed by atoms with Gasteiger partial charge in [0, 0.05) is 22.5 Å². The second kappa shape index (κ2) is 6.30. The van der Waals surface area contributed by atoms with Crippen LogP contribution in [0.2, 0.25) is 5.02 Å². The van der Waals surface area contributed by atoms with Crippen LogP contribution in [0.1, 0.15) is 35.8 Å². The number of rotatable bonds is 2. The third-order valence-electron chi connectivity index (χ3n) is 4.36. The highest BCUT2D eigenvalue weighted by atomic mass is 35.5. The molecule has 0 saturated heterocycles. The predicted molar refractivity (Wildman–Crippen MR) is 94.9 cm³/mol. The van der Waals surface area contributed by atoms with E-state index in [9.17, 15) is 13.9 Å². The van der Waals surface area contributed by atoms with Gasteiger partial charge in [0.2, 0.25) is 6.23 Å². The van der Waals surface area contributed by atoms with Crippen LogP contribution in [0.25, 0.3) is 5.69 Å². The molecule has 0 radical (unpaired) electrons. The Balaban J connectivity index is 2.08. The molecule has 0 bridgehead atoms. The third kappa shape index (κ3) is 2.53. The van der Waals surface area contributed by atoms with Crippen LogP contribution in [0.5, 0.6) is 0 Å². The van der Waals surface area contributed by atoms with E-state index in [1.54, 1.807) is 29.0 Å². The third-order valence-corrected chi connectivity index (χ3v) is 4.60. The first-order valence-electron chi connectivity index (χ1n) is 8.08. The van der Waals surface area contributed by atoms with Gasteiger partial charge in [-0.15, -0.1) is 0 Å². The minimum Gasteiger partial charge on any atom is -0.365 e. The fourth-order valence-corrected chi connectivity index (χ4v) is 3.35. The fraction of sp³-hybridized carbons (Fsp3) is 0.158. The molecule has 7 heteroatoms. The van der Waals surface area contributed by atoms with Crippen LogP contribution in [-0.4, -0.2) is 20.4 Å². The van der Waals surface area contributed by atoms with Gasteiger partial charge in [0.05, 0.1) is 17.0 Å². The van der Waals surface area contributed by atoms with Crippen molar-refractivity contribution in [2.45, 2.75) is 19.6 Å². The Bertz CT molecular complexity index is 1030. The lowest BCUT2D eigenvalue weighted by Gasteiger charge is -2.15. The molecule has 0 amide bonds. The number of hydrogen-bond donors (Lipinski definition) is 1. The second-order valence-corrected chi connectivity index (χ2v) is 6.34. The number of aliphatic imine (C=N–C) groups is 1. The number of aliphatic hydroxyl groups excluding tert-OH is 1. The smallest absolute Gasteiger partial charge is 0.205 e. The highest BCUT2D eigenvalue weighted by Crippen LogP contribution is 2.33. The number of aryl methyl sites for hydroxylation is 1. The SMILES string of the molecule is CCc1cnc2n1-c1ccc(Cl)cc1C(c1c(F)cccc1F)=NC2O. The fourth-order valence-electron chi connectivity index (χ4n) is 3.18. The van der Waals surface area contributed by atoms with Crippen LogP contribution in [0.3, 0.4) is 0 Å². The molecule has 4 nitrogen and oxygen atoms in total. The van der Waals surface area contributed by atoms with E-state index >= 15 is 0 Å². The summed E-state index contributed by atoms with van der Waals surface area (Å²) in [5, 5.41) is 10.9. The van der Waals surface area contributed by atoms with E-state index < -0.39 is 17.9 Å². The van der Waals surface area contributed by atoms with Gasteiger partial charge in [0.25, 0.3) is 0 Å². The van der Waals surface area contributed by atoms with Crippen LogP contribution in [0.15, 0.2) is 47.6 Å². The van der Waals surface area contributed by atoms with Crippen molar-refractivity contribution in [1.29, 1.82) is 0 Å². The topological polar surface area (TPSA) is 50.4 Å². The highest BCUT2D eigenvalue weighted by Gasteiger charge is 2.29. The second-order valence-electron chi connectivity index (χ2n) is 5.91. The molecule has 1 atom stereocenters. The van der Waals surface area contributed by atoms with Crippen molar-refractivity contribution in [3.05, 3.63) is 81.9 Å². The van der Waals surface area contributed by atoms with Crippen molar-refractivity contribution < 1.29 is 13.9 Å². The minimum absolute atomic E-state index is 0.00171. The molecule has 1 aromatic heterocycles. The Labute approximate surface area is 153 Å². The zero-order chi connectivity index (χ0) is 18.4. The van der Waals surface area contributed by atoms with Crippen LogP contribution < -0.4 is 0 Å². The molecule has 0 fully saturated rings. The van der Waals surface area contributed by atoms with Gasteiger partial charge in [0.15, 0.2) is 5.82 Å². The average Bonchev–Trinajstić information content (AvgIpc) is 3.00. The summed E-state index contributed by atoms with van der Waals surface area (Å²) in [6.07, 6.45) is 0.947. The quantitative estimate of drug-likeness (QED) is 0.731. The predicted octanol–water partition coefficient (Wildman–Crippen LogP) is 4.21. The van der Waals surface area contributed by atoms with Crippen molar-refractivity contribution in [1.82, 2.24) is 9.55 Å². The summed E-state index contributed by atoms with van der Waals surface area (Å²) in [5.41, 5.74) is 1.56. The molecule has 0 aliphatic carbocycles. The number of aliphatic hydroxyl groups is 1. The first-order chi connectivity index (χ1) is 12.5. The van der Waals surface area contributed by atoms with Gasteiger partial charge >= 0.3 is 0 Å². The Hall–Kier alpha value is -2.57. The molecule has 1 unspecified atom stereocenters. The molecule has 1 aliphatic rings. The lowest BCUT2D eigenvalue weighted by Crippen LogP contribution is -2.12. The number of fused-ring (bicyclic) bond motifs is 3. The molecule has 132 valence electrons. The molecule has 1 aliphatic heterocycles. The molecular formula is C19H14ClF2N3O. The summed E-state index contributed by atoms with van der Waals surface area (Å²) in [7, 11) is 0. The number of imidazole rings is 1. The van der Waals surface area contributed by atoms with Crippen molar-refractivity contribution >= 4 is 17.3 Å². The van der Waals surface area contributed by atoms with Crippen molar-refractivity contribution in [2.24, 2.45) is 4.99 Å². The molecule has 0 saturated carbocycles.